The van der Waals surface area contributed by atoms with Crippen molar-refractivity contribution in [1.29, 1.82) is 0 Å². The molecule has 0 spiro atoms. The molecule has 1 aromatic carbocycles. The molecule has 1 aliphatic rings. The maximum Gasteiger partial charge on any atom is 0.484 e. The van der Waals surface area contributed by atoms with Gasteiger partial charge in [-0.3, -0.25) is 0 Å². The van der Waals surface area contributed by atoms with Crippen LogP contribution in [-0.4, -0.2) is 18.7 Å². The Morgan fingerprint density at radius 1 is 1.25 bits per heavy atom. The van der Waals surface area contributed by atoms with Crippen molar-refractivity contribution in [2.24, 2.45) is 0 Å². The van der Waals surface area contributed by atoms with E-state index in [0.717, 1.165) is 11.1 Å². The Labute approximate surface area is 71.6 Å². The third kappa shape index (κ3) is 1.42. The summed E-state index contributed by atoms with van der Waals surface area (Å²) in [6.45, 7) is 0.505. The quantitative estimate of drug-likeness (QED) is 0.623. The van der Waals surface area contributed by atoms with E-state index in [9.17, 15) is 0 Å². The summed E-state index contributed by atoms with van der Waals surface area (Å²) in [4.78, 5) is 0. The van der Waals surface area contributed by atoms with Crippen molar-refractivity contribution in [3.05, 3.63) is 41.9 Å². The Hall–Kier alpha value is -1.06. The van der Waals surface area contributed by atoms with Crippen molar-refractivity contribution in [3.63, 3.8) is 0 Å². The van der Waals surface area contributed by atoms with Crippen molar-refractivity contribution in [1.82, 2.24) is 0 Å². The van der Waals surface area contributed by atoms with Crippen molar-refractivity contribution in [2.75, 3.05) is 6.61 Å². The fourth-order valence-corrected chi connectivity index (χ4v) is 1.28. The summed E-state index contributed by atoms with van der Waals surface area (Å²) in [7, 11) is -0.722. The lowest BCUT2D eigenvalue weighted by Gasteiger charge is -1.99. The van der Waals surface area contributed by atoms with E-state index in [1.54, 1.807) is 5.98 Å². The van der Waals surface area contributed by atoms with Crippen LogP contribution in [0, 0.1) is 0 Å². The first-order chi connectivity index (χ1) is 5.86. The van der Waals surface area contributed by atoms with Crippen LogP contribution in [0.2, 0.25) is 0 Å². The van der Waals surface area contributed by atoms with Gasteiger partial charge in [0.05, 0.1) is 6.61 Å². The molecule has 0 saturated heterocycles. The standard InChI is InChI=1S/C9H9BO2/c11-10-6-9(7-12-10)8-4-2-1-3-5-8/h1-6,11H,7H2. The molecule has 0 fully saturated rings. The van der Waals surface area contributed by atoms with E-state index in [-0.39, 0.29) is 0 Å². The fourth-order valence-electron chi connectivity index (χ4n) is 1.28. The van der Waals surface area contributed by atoms with E-state index < -0.39 is 7.12 Å². The van der Waals surface area contributed by atoms with Crippen molar-refractivity contribution < 1.29 is 9.68 Å². The summed E-state index contributed by atoms with van der Waals surface area (Å²) in [6, 6.07) is 9.93. The predicted molar refractivity (Wildman–Crippen MR) is 48.3 cm³/mol. The molecule has 0 radical (unpaired) electrons. The van der Waals surface area contributed by atoms with Crippen LogP contribution in [0.5, 0.6) is 0 Å². The second-order valence-corrected chi connectivity index (χ2v) is 2.76. The van der Waals surface area contributed by atoms with Gasteiger partial charge in [-0.25, -0.2) is 0 Å². The topological polar surface area (TPSA) is 29.5 Å². The molecular weight excluding hydrogens is 151 g/mol. The summed E-state index contributed by atoms with van der Waals surface area (Å²) < 4.78 is 4.98. The van der Waals surface area contributed by atoms with Gasteiger partial charge in [0.25, 0.3) is 0 Å². The summed E-state index contributed by atoms with van der Waals surface area (Å²) in [6.07, 6.45) is 0. The van der Waals surface area contributed by atoms with Crippen LogP contribution in [0.4, 0.5) is 0 Å². The molecule has 0 atom stereocenters. The van der Waals surface area contributed by atoms with Gasteiger partial charge in [0.2, 0.25) is 0 Å². The Morgan fingerprint density at radius 2 is 2.00 bits per heavy atom. The minimum Gasteiger partial charge on any atom is -0.423 e. The Bertz CT molecular complexity index is 295. The van der Waals surface area contributed by atoms with Gasteiger partial charge < -0.3 is 9.68 Å². The highest BCUT2D eigenvalue weighted by atomic mass is 16.5. The number of hydrogen-bond acceptors (Lipinski definition) is 2. The smallest absolute Gasteiger partial charge is 0.423 e. The molecule has 1 N–H and O–H groups in total. The van der Waals surface area contributed by atoms with E-state index in [1.165, 1.54) is 0 Å². The van der Waals surface area contributed by atoms with Gasteiger partial charge >= 0.3 is 7.12 Å². The number of rotatable bonds is 1. The van der Waals surface area contributed by atoms with Crippen LogP contribution in [-0.2, 0) is 4.65 Å². The second-order valence-electron chi connectivity index (χ2n) is 2.76. The Morgan fingerprint density at radius 3 is 2.58 bits per heavy atom. The third-order valence-corrected chi connectivity index (χ3v) is 1.90. The van der Waals surface area contributed by atoms with Crippen LogP contribution in [0.3, 0.4) is 0 Å². The lowest BCUT2D eigenvalue weighted by atomic mass is 9.90. The summed E-state index contributed by atoms with van der Waals surface area (Å²) in [5.74, 6) is 1.73. The molecule has 12 heavy (non-hydrogen) atoms. The first-order valence-corrected chi connectivity index (χ1v) is 3.92. The van der Waals surface area contributed by atoms with E-state index in [4.69, 9.17) is 9.68 Å². The van der Waals surface area contributed by atoms with Gasteiger partial charge in [-0.15, -0.1) is 0 Å². The average molecular weight is 160 g/mol. The molecule has 3 heteroatoms. The number of hydrogen-bond donors (Lipinski definition) is 1. The van der Waals surface area contributed by atoms with E-state index in [2.05, 4.69) is 0 Å². The first kappa shape index (κ1) is 7.59. The van der Waals surface area contributed by atoms with Gasteiger partial charge in [0, 0.05) is 0 Å². The monoisotopic (exact) mass is 160 g/mol. The number of benzene rings is 1. The summed E-state index contributed by atoms with van der Waals surface area (Å²) in [5.41, 5.74) is 2.18. The largest absolute Gasteiger partial charge is 0.484 e. The summed E-state index contributed by atoms with van der Waals surface area (Å²) in [5, 5.41) is 9.06. The van der Waals surface area contributed by atoms with Crippen LogP contribution >= 0.6 is 0 Å². The van der Waals surface area contributed by atoms with Crippen molar-refractivity contribution >= 4 is 12.7 Å². The lowest BCUT2D eigenvalue weighted by molar-refractivity contribution is 0.319. The van der Waals surface area contributed by atoms with E-state index in [1.807, 2.05) is 30.3 Å². The highest BCUT2D eigenvalue weighted by Crippen LogP contribution is 2.19. The van der Waals surface area contributed by atoms with Crippen LogP contribution < -0.4 is 0 Å². The normalized spacial score (nSPS) is 16.4. The molecule has 1 heterocycles. The molecule has 0 unspecified atom stereocenters. The molecule has 0 saturated carbocycles. The van der Waals surface area contributed by atoms with Gasteiger partial charge in [-0.1, -0.05) is 30.3 Å². The molecule has 0 aliphatic carbocycles. The molecule has 1 aliphatic heterocycles. The highest BCUT2D eigenvalue weighted by Gasteiger charge is 2.19. The molecule has 2 rings (SSSR count). The molecule has 0 bridgehead atoms. The first-order valence-electron chi connectivity index (χ1n) is 3.92. The average Bonchev–Trinajstić information content (AvgIpc) is 2.54. The maximum absolute atomic E-state index is 9.06. The lowest BCUT2D eigenvalue weighted by Crippen LogP contribution is -2.07. The van der Waals surface area contributed by atoms with Gasteiger partial charge in [-0.2, -0.15) is 0 Å². The van der Waals surface area contributed by atoms with Crippen molar-refractivity contribution in [3.8, 4) is 0 Å². The van der Waals surface area contributed by atoms with Crippen LogP contribution in [0.1, 0.15) is 5.56 Å². The van der Waals surface area contributed by atoms with Crippen LogP contribution in [0.15, 0.2) is 36.3 Å². The zero-order valence-electron chi connectivity index (χ0n) is 6.60. The van der Waals surface area contributed by atoms with Gasteiger partial charge in [0.15, 0.2) is 0 Å². The maximum atomic E-state index is 9.06. The molecule has 2 nitrogen and oxygen atoms in total. The van der Waals surface area contributed by atoms with Gasteiger partial charge in [0.1, 0.15) is 0 Å². The minimum atomic E-state index is -0.722. The Kier molecular flexibility index (Phi) is 1.98. The minimum absolute atomic E-state index is 0.505. The van der Waals surface area contributed by atoms with Crippen molar-refractivity contribution in [2.45, 2.75) is 0 Å². The van der Waals surface area contributed by atoms with E-state index >= 15 is 0 Å². The Balaban J connectivity index is 2.27. The zero-order chi connectivity index (χ0) is 8.39. The third-order valence-electron chi connectivity index (χ3n) is 1.90. The summed E-state index contributed by atoms with van der Waals surface area (Å²) >= 11 is 0. The highest BCUT2D eigenvalue weighted by molar-refractivity contribution is 6.52. The molecule has 0 aromatic heterocycles. The van der Waals surface area contributed by atoms with E-state index in [0.29, 0.717) is 6.61 Å². The second kappa shape index (κ2) is 3.13. The van der Waals surface area contributed by atoms with Gasteiger partial charge in [-0.05, 0) is 17.1 Å². The zero-order valence-corrected chi connectivity index (χ0v) is 6.60. The SMILES string of the molecule is OB1C=C(c2ccccc2)CO1. The molecule has 60 valence electrons. The molecule has 0 amide bonds. The molecular formula is C9H9BO2. The molecule has 1 aromatic rings. The predicted octanol–water partition coefficient (Wildman–Crippen LogP) is 1.12. The fraction of sp³-hybridized carbons (Fsp3) is 0.111. The van der Waals surface area contributed by atoms with Crippen LogP contribution in [0.25, 0.3) is 5.57 Å².